The van der Waals surface area contributed by atoms with Crippen molar-refractivity contribution in [1.29, 1.82) is 0 Å². The Morgan fingerprint density at radius 3 is 2.76 bits per heavy atom. The number of halogens is 3. The van der Waals surface area contributed by atoms with E-state index in [4.69, 9.17) is 0 Å². The number of nitrogens with one attached hydrogen (secondary N) is 1. The first kappa shape index (κ1) is 22.2. The summed E-state index contributed by atoms with van der Waals surface area (Å²) in [6, 6.07) is 12.9. The molecule has 1 N–H and O–H groups in total. The van der Waals surface area contributed by atoms with E-state index in [-0.39, 0.29) is 23.4 Å². The number of hydrogen-bond acceptors (Lipinski definition) is 3. The van der Waals surface area contributed by atoms with Crippen LogP contribution in [0, 0.1) is 0 Å². The predicted molar refractivity (Wildman–Crippen MR) is 122 cm³/mol. The second kappa shape index (κ2) is 8.62. The van der Waals surface area contributed by atoms with Crippen molar-refractivity contribution >= 4 is 27.8 Å². The first-order valence-electron chi connectivity index (χ1n) is 11.2. The summed E-state index contributed by atoms with van der Waals surface area (Å²) in [4.78, 5) is 34.2. The van der Waals surface area contributed by atoms with E-state index in [1.807, 2.05) is 30.3 Å². The Morgan fingerprint density at radius 2 is 1.94 bits per heavy atom. The number of fused-ring (bicyclic) bond motifs is 2. The lowest BCUT2D eigenvalue weighted by Crippen LogP contribution is -2.33. The number of aromatic amines is 1. The second-order valence-electron chi connectivity index (χ2n) is 8.67. The van der Waals surface area contributed by atoms with Gasteiger partial charge in [-0.3, -0.25) is 14.3 Å². The molecule has 6 nitrogen and oxygen atoms in total. The zero-order valence-electron chi connectivity index (χ0n) is 18.3. The van der Waals surface area contributed by atoms with Gasteiger partial charge in [-0.25, -0.2) is 4.79 Å². The lowest BCUT2D eigenvalue weighted by molar-refractivity contribution is -0.136. The molecule has 0 saturated carbocycles. The number of rotatable bonds is 3. The van der Waals surface area contributed by atoms with Gasteiger partial charge in [-0.05, 0) is 55.2 Å². The number of para-hydroxylation sites is 1. The molecule has 1 aliphatic heterocycles. The van der Waals surface area contributed by atoms with Crippen LogP contribution in [0.5, 0.6) is 0 Å². The Balaban J connectivity index is 1.36. The van der Waals surface area contributed by atoms with Crippen LogP contribution in [-0.4, -0.2) is 38.4 Å². The number of pyridine rings is 1. The molecule has 2 aromatic carbocycles. The fourth-order valence-electron chi connectivity index (χ4n) is 4.87. The van der Waals surface area contributed by atoms with Crippen LogP contribution in [0.3, 0.4) is 0 Å². The van der Waals surface area contributed by atoms with Crippen LogP contribution in [0.1, 0.15) is 36.4 Å². The first-order chi connectivity index (χ1) is 16.3. The monoisotopic (exact) mass is 468 g/mol. The Kier molecular flexibility index (Phi) is 5.63. The molecule has 1 saturated heterocycles. The van der Waals surface area contributed by atoms with E-state index >= 15 is 0 Å². The molecule has 4 aromatic rings. The minimum absolute atomic E-state index is 0.0360. The van der Waals surface area contributed by atoms with Crippen LogP contribution in [0.2, 0.25) is 0 Å². The molecule has 0 spiro atoms. The number of H-pyrrole nitrogens is 1. The fourth-order valence-corrected chi connectivity index (χ4v) is 4.87. The summed E-state index contributed by atoms with van der Waals surface area (Å²) in [7, 11) is 0. The minimum atomic E-state index is -4.57. The number of nitrogens with zero attached hydrogens (tertiary/aromatic N) is 3. The number of carbonyl (C=O) groups excluding carboxylic acids is 1. The maximum Gasteiger partial charge on any atom is 0.418 e. The molecule has 1 unspecified atom stereocenters. The quantitative estimate of drug-likeness (QED) is 0.474. The van der Waals surface area contributed by atoms with Crippen molar-refractivity contribution in [3.05, 3.63) is 76.3 Å². The van der Waals surface area contributed by atoms with Crippen molar-refractivity contribution < 1.29 is 18.0 Å². The molecular weight excluding hydrogens is 445 g/mol. The number of amides is 1. The Morgan fingerprint density at radius 1 is 1.09 bits per heavy atom. The van der Waals surface area contributed by atoms with Crippen molar-refractivity contribution in [3.63, 3.8) is 0 Å². The SMILES string of the molecule is O=C(Cc1ccc2ncccc2c1)N1CCCC(n2c(=O)[nH]c3cccc(C(F)(F)F)c32)CC1. The third-order valence-corrected chi connectivity index (χ3v) is 6.48. The molecule has 2 aromatic heterocycles. The Hall–Kier alpha value is -3.62. The number of carbonyl (C=O) groups is 1. The number of imidazole rings is 1. The number of hydrogen-bond donors (Lipinski definition) is 1. The van der Waals surface area contributed by atoms with Gasteiger partial charge in [-0.1, -0.05) is 18.2 Å². The second-order valence-corrected chi connectivity index (χ2v) is 8.67. The van der Waals surface area contributed by atoms with E-state index in [2.05, 4.69) is 9.97 Å². The molecular formula is C25H23F3N4O2. The topological polar surface area (TPSA) is 71.0 Å². The van der Waals surface area contributed by atoms with E-state index in [1.54, 1.807) is 11.1 Å². The van der Waals surface area contributed by atoms with E-state index in [1.165, 1.54) is 16.7 Å². The third kappa shape index (κ3) is 4.18. The lowest BCUT2D eigenvalue weighted by atomic mass is 10.1. The number of benzene rings is 2. The number of likely N-dealkylation sites (tertiary alicyclic amines) is 1. The number of aromatic nitrogens is 3. The van der Waals surface area contributed by atoms with E-state index in [0.717, 1.165) is 22.5 Å². The highest BCUT2D eigenvalue weighted by atomic mass is 19.4. The van der Waals surface area contributed by atoms with Crippen molar-refractivity contribution in [2.24, 2.45) is 0 Å². The van der Waals surface area contributed by atoms with Crippen LogP contribution >= 0.6 is 0 Å². The summed E-state index contributed by atoms with van der Waals surface area (Å²) >= 11 is 0. The van der Waals surface area contributed by atoms with Gasteiger partial charge in [0, 0.05) is 30.7 Å². The molecule has 1 atom stereocenters. The maximum atomic E-state index is 13.6. The normalized spacial score (nSPS) is 17.3. The Bertz CT molecular complexity index is 1420. The van der Waals surface area contributed by atoms with E-state index in [9.17, 15) is 22.8 Å². The lowest BCUT2D eigenvalue weighted by Gasteiger charge is -2.21. The van der Waals surface area contributed by atoms with Crippen LogP contribution in [0.15, 0.2) is 59.5 Å². The van der Waals surface area contributed by atoms with Crippen LogP contribution in [-0.2, 0) is 17.4 Å². The van der Waals surface area contributed by atoms with Crippen molar-refractivity contribution in [1.82, 2.24) is 19.4 Å². The molecule has 0 bridgehead atoms. The zero-order chi connectivity index (χ0) is 23.9. The molecule has 0 radical (unpaired) electrons. The highest BCUT2D eigenvalue weighted by Crippen LogP contribution is 2.36. The van der Waals surface area contributed by atoms with Gasteiger partial charge in [0.2, 0.25) is 5.91 Å². The molecule has 1 fully saturated rings. The highest BCUT2D eigenvalue weighted by molar-refractivity contribution is 5.83. The van der Waals surface area contributed by atoms with Crippen molar-refractivity contribution in [2.45, 2.75) is 37.9 Å². The third-order valence-electron chi connectivity index (χ3n) is 6.48. The highest BCUT2D eigenvalue weighted by Gasteiger charge is 2.35. The average molecular weight is 468 g/mol. The molecule has 9 heteroatoms. The Labute approximate surface area is 193 Å². The van der Waals surface area contributed by atoms with E-state index in [0.29, 0.717) is 32.4 Å². The maximum absolute atomic E-state index is 13.6. The van der Waals surface area contributed by atoms with Gasteiger partial charge >= 0.3 is 11.9 Å². The largest absolute Gasteiger partial charge is 0.418 e. The fraction of sp³-hybridized carbons (Fsp3) is 0.320. The molecule has 0 aliphatic carbocycles. The van der Waals surface area contributed by atoms with Crippen LogP contribution in [0.25, 0.3) is 21.9 Å². The summed E-state index contributed by atoms with van der Waals surface area (Å²) < 4.78 is 42.2. The summed E-state index contributed by atoms with van der Waals surface area (Å²) in [5.74, 6) is -0.0360. The molecule has 5 rings (SSSR count). The smallest absolute Gasteiger partial charge is 0.342 e. The van der Waals surface area contributed by atoms with Crippen LogP contribution < -0.4 is 5.69 Å². The van der Waals surface area contributed by atoms with Crippen molar-refractivity contribution in [2.75, 3.05) is 13.1 Å². The van der Waals surface area contributed by atoms with Gasteiger partial charge in [0.25, 0.3) is 0 Å². The molecule has 176 valence electrons. The van der Waals surface area contributed by atoms with Gasteiger partial charge in [-0.15, -0.1) is 0 Å². The first-order valence-corrected chi connectivity index (χ1v) is 11.2. The van der Waals surface area contributed by atoms with Gasteiger partial charge in [0.1, 0.15) is 0 Å². The summed E-state index contributed by atoms with van der Waals surface area (Å²) in [6.45, 7) is 0.889. The summed E-state index contributed by atoms with van der Waals surface area (Å²) in [6.07, 6.45) is -1.08. The number of alkyl halides is 3. The van der Waals surface area contributed by atoms with Crippen molar-refractivity contribution in [3.8, 4) is 0 Å². The molecule has 1 aliphatic rings. The van der Waals surface area contributed by atoms with E-state index < -0.39 is 23.5 Å². The molecule has 1 amide bonds. The minimum Gasteiger partial charge on any atom is -0.342 e. The zero-order valence-corrected chi connectivity index (χ0v) is 18.3. The van der Waals surface area contributed by atoms with Gasteiger partial charge < -0.3 is 9.88 Å². The summed E-state index contributed by atoms with van der Waals surface area (Å²) in [5, 5.41) is 0.961. The van der Waals surface area contributed by atoms with Gasteiger partial charge in [0.05, 0.1) is 28.5 Å². The predicted octanol–water partition coefficient (Wildman–Crippen LogP) is 4.69. The van der Waals surface area contributed by atoms with Gasteiger partial charge in [-0.2, -0.15) is 13.2 Å². The average Bonchev–Trinajstić information content (AvgIpc) is 2.97. The standard InChI is InChI=1S/C25H23F3N4O2/c26-25(27,28)19-6-1-7-21-23(19)32(24(34)30-21)18-5-3-12-31(13-10-18)22(33)15-16-8-9-20-17(14-16)4-2-11-29-20/h1-2,4,6-9,11,14,18H,3,5,10,12-13,15H2,(H,30,34). The van der Waals surface area contributed by atoms with Crippen LogP contribution in [0.4, 0.5) is 13.2 Å². The van der Waals surface area contributed by atoms with Gasteiger partial charge in [0.15, 0.2) is 0 Å². The summed E-state index contributed by atoms with van der Waals surface area (Å²) in [5.41, 5.74) is 0.414. The molecule has 3 heterocycles. The molecule has 34 heavy (non-hydrogen) atoms.